The van der Waals surface area contributed by atoms with E-state index in [-0.39, 0.29) is 13.0 Å². The van der Waals surface area contributed by atoms with Gasteiger partial charge in [-0.25, -0.2) is 4.79 Å². The topological polar surface area (TPSA) is 141 Å². The fourth-order valence-corrected chi connectivity index (χ4v) is 16.6. The molecular weight excluding hydrogens is 709 g/mol. The molecule has 0 spiro atoms. The van der Waals surface area contributed by atoms with Crippen molar-refractivity contribution >= 4 is 28.6 Å². The molecule has 2 saturated carbocycles. The summed E-state index contributed by atoms with van der Waals surface area (Å²) in [7, 11) is -4.69. The molecule has 0 amide bonds. The lowest BCUT2D eigenvalue weighted by Gasteiger charge is -2.70. The van der Waals surface area contributed by atoms with Crippen LogP contribution >= 0.6 is 0 Å². The van der Waals surface area contributed by atoms with E-state index < -0.39 is 93.1 Å². The standard InChI is InChI=1S/C41H66O10Si2/c1-12-52(13-2,14-3)50-29-24-41(46)36(48-37(45)28-21-19-18-20-22-28)34-39(11,35(44)33(43)32(26(29)7)38(41,9)10)30(51-53(15-4,16-5)17-6)23-31-40(34,25-47-31)49-27(8)42/h18-22,29-31,33-36,43-44,46H,12-17,23-25H2,1-11H3/t29-,30-,31+,33-,34-,35-,36-,39+,40-,41?/m0/s1. The van der Waals surface area contributed by atoms with Crippen molar-refractivity contribution < 1.29 is 48.0 Å². The van der Waals surface area contributed by atoms with Crippen LogP contribution in [0.2, 0.25) is 36.3 Å². The zero-order valence-corrected chi connectivity index (χ0v) is 36.0. The molecule has 2 bridgehead atoms. The van der Waals surface area contributed by atoms with Crippen molar-refractivity contribution in [2.45, 2.75) is 173 Å². The van der Waals surface area contributed by atoms with Gasteiger partial charge in [-0.15, -0.1) is 0 Å². The van der Waals surface area contributed by atoms with Crippen LogP contribution in [0.15, 0.2) is 41.5 Å². The Balaban J connectivity index is 1.86. The molecule has 0 radical (unpaired) electrons. The molecule has 0 aromatic heterocycles. The zero-order valence-electron chi connectivity index (χ0n) is 34.0. The van der Waals surface area contributed by atoms with Crippen molar-refractivity contribution in [3.05, 3.63) is 47.0 Å². The number of hydrogen-bond donors (Lipinski definition) is 3. The summed E-state index contributed by atoms with van der Waals surface area (Å²) in [6, 6.07) is 13.7. The van der Waals surface area contributed by atoms with Gasteiger partial charge in [0.05, 0.1) is 36.4 Å². The van der Waals surface area contributed by atoms with Gasteiger partial charge in [-0.05, 0) is 66.5 Å². The normalized spacial score (nSPS) is 36.7. The second kappa shape index (κ2) is 15.2. The van der Waals surface area contributed by atoms with E-state index in [1.54, 1.807) is 24.3 Å². The first kappa shape index (κ1) is 42.2. The zero-order chi connectivity index (χ0) is 39.4. The molecule has 1 saturated heterocycles. The number of aliphatic hydroxyl groups is 3. The van der Waals surface area contributed by atoms with Crippen LogP contribution in [0.3, 0.4) is 0 Å². The first-order chi connectivity index (χ1) is 24.9. The van der Waals surface area contributed by atoms with Crippen LogP contribution in [-0.2, 0) is 27.9 Å². The molecule has 3 N–H and O–H groups in total. The number of fused-ring (bicyclic) bond motifs is 5. The third kappa shape index (κ3) is 6.54. The Morgan fingerprint density at radius 3 is 1.92 bits per heavy atom. The number of carbonyl (C=O) groups excluding carboxylic acids is 2. The van der Waals surface area contributed by atoms with Gasteiger partial charge in [-0.2, -0.15) is 0 Å². The molecule has 10 atom stereocenters. The van der Waals surface area contributed by atoms with Gasteiger partial charge in [0.15, 0.2) is 22.2 Å². The van der Waals surface area contributed by atoms with E-state index in [1.807, 2.05) is 33.8 Å². The number of hydrogen-bond acceptors (Lipinski definition) is 10. The predicted molar refractivity (Wildman–Crippen MR) is 208 cm³/mol. The van der Waals surface area contributed by atoms with Gasteiger partial charge < -0.3 is 38.4 Å². The summed E-state index contributed by atoms with van der Waals surface area (Å²) in [4.78, 5) is 27.5. The molecular formula is C41H66O10Si2. The number of esters is 2. The van der Waals surface area contributed by atoms with Crippen LogP contribution in [0.5, 0.6) is 0 Å². The van der Waals surface area contributed by atoms with E-state index in [9.17, 15) is 24.9 Å². The third-order valence-electron chi connectivity index (χ3n) is 14.8. The third-order valence-corrected chi connectivity index (χ3v) is 24.1. The van der Waals surface area contributed by atoms with E-state index in [1.165, 1.54) is 6.92 Å². The maximum atomic E-state index is 14.4. The molecule has 12 heteroatoms. The lowest BCUT2D eigenvalue weighted by atomic mass is 9.44. The number of carbonyl (C=O) groups is 2. The van der Waals surface area contributed by atoms with Crippen molar-refractivity contribution in [3.8, 4) is 0 Å². The number of benzene rings is 1. The molecule has 5 rings (SSSR count). The van der Waals surface area contributed by atoms with Gasteiger partial charge in [0.1, 0.15) is 23.9 Å². The molecule has 1 unspecified atom stereocenters. The molecule has 3 fully saturated rings. The minimum Gasteiger partial charge on any atom is -0.455 e. The van der Waals surface area contributed by atoms with Crippen LogP contribution in [0.1, 0.15) is 99.4 Å². The lowest BCUT2D eigenvalue weighted by molar-refractivity contribution is -0.363. The fraction of sp³-hybridized carbons (Fsp3) is 0.756. The molecule has 10 nitrogen and oxygen atoms in total. The largest absolute Gasteiger partial charge is 0.455 e. The Morgan fingerprint density at radius 1 is 0.887 bits per heavy atom. The SMILES string of the molecule is CC[Si](CC)(CC)O[C@H]1CC2(O)[C@@H](OC(=O)c3ccccc3)[C@@H]3[C@]4(OC(C)=O)CO[C@@H]4C[C@H](O[Si](CC)(CC)CC)[C@@]3(C)[C@@H](O)[C@@H](O)C(=C1C)C2(C)C. The quantitative estimate of drug-likeness (QED) is 0.110. The Labute approximate surface area is 319 Å². The fourth-order valence-electron chi connectivity index (χ4n) is 10.8. The Hall–Kier alpha value is -1.91. The van der Waals surface area contributed by atoms with Crippen molar-refractivity contribution in [3.63, 3.8) is 0 Å². The summed E-state index contributed by atoms with van der Waals surface area (Å²) < 4.78 is 33.8. The van der Waals surface area contributed by atoms with Gasteiger partial charge in [0.2, 0.25) is 0 Å². The van der Waals surface area contributed by atoms with E-state index >= 15 is 0 Å². The van der Waals surface area contributed by atoms with Gasteiger partial charge in [-0.3, -0.25) is 4.79 Å². The van der Waals surface area contributed by atoms with Gasteiger partial charge in [0, 0.05) is 30.6 Å². The minimum atomic E-state index is -2.39. The monoisotopic (exact) mass is 774 g/mol. The highest BCUT2D eigenvalue weighted by Crippen LogP contribution is 2.66. The van der Waals surface area contributed by atoms with Gasteiger partial charge in [0.25, 0.3) is 0 Å². The molecule has 4 aliphatic rings. The molecule has 3 aliphatic carbocycles. The number of aliphatic hydroxyl groups excluding tert-OH is 2. The second-order valence-electron chi connectivity index (χ2n) is 17.1. The summed E-state index contributed by atoms with van der Waals surface area (Å²) in [6.45, 7) is 21.6. The van der Waals surface area contributed by atoms with Crippen molar-refractivity contribution in [1.82, 2.24) is 0 Å². The Morgan fingerprint density at radius 2 is 1.43 bits per heavy atom. The Kier molecular flexibility index (Phi) is 12.1. The average molecular weight is 775 g/mol. The average Bonchev–Trinajstić information content (AvgIpc) is 3.13. The van der Waals surface area contributed by atoms with Gasteiger partial charge in [-0.1, -0.05) is 80.5 Å². The summed E-state index contributed by atoms with van der Waals surface area (Å²) in [6.07, 6.45) is -5.88. The second-order valence-corrected chi connectivity index (χ2v) is 26.5. The van der Waals surface area contributed by atoms with Crippen LogP contribution in [0.25, 0.3) is 0 Å². The van der Waals surface area contributed by atoms with Crippen molar-refractivity contribution in [2.24, 2.45) is 16.7 Å². The summed E-state index contributed by atoms with van der Waals surface area (Å²) >= 11 is 0. The first-order valence-corrected chi connectivity index (χ1v) is 25.1. The van der Waals surface area contributed by atoms with Crippen LogP contribution in [0.4, 0.5) is 0 Å². The molecule has 1 aliphatic heterocycles. The highest BCUT2D eigenvalue weighted by atomic mass is 28.4. The molecule has 1 aromatic rings. The van der Waals surface area contributed by atoms with Crippen LogP contribution in [-0.4, -0.2) is 98.3 Å². The minimum absolute atomic E-state index is 0.0278. The highest BCUT2D eigenvalue weighted by molar-refractivity contribution is 6.74. The van der Waals surface area contributed by atoms with E-state index in [0.717, 1.165) is 41.8 Å². The predicted octanol–water partition coefficient (Wildman–Crippen LogP) is 6.93. The molecule has 1 heterocycles. The lowest BCUT2D eigenvalue weighted by Crippen LogP contribution is -2.82. The summed E-state index contributed by atoms with van der Waals surface area (Å²) in [5.41, 5.74) is -4.36. The van der Waals surface area contributed by atoms with E-state index in [0.29, 0.717) is 17.6 Å². The Bertz CT molecular complexity index is 1510. The summed E-state index contributed by atoms with van der Waals surface area (Å²) in [5, 5.41) is 39.5. The molecule has 298 valence electrons. The van der Waals surface area contributed by atoms with Crippen LogP contribution in [0, 0.1) is 16.7 Å². The van der Waals surface area contributed by atoms with Crippen LogP contribution < -0.4 is 0 Å². The maximum Gasteiger partial charge on any atom is 0.338 e. The highest BCUT2D eigenvalue weighted by Gasteiger charge is 2.78. The van der Waals surface area contributed by atoms with Crippen molar-refractivity contribution in [2.75, 3.05) is 6.61 Å². The smallest absolute Gasteiger partial charge is 0.338 e. The van der Waals surface area contributed by atoms with E-state index in [2.05, 4.69) is 41.5 Å². The molecule has 53 heavy (non-hydrogen) atoms. The number of ether oxygens (including phenoxy) is 3. The molecule has 1 aromatic carbocycles. The first-order valence-electron chi connectivity index (χ1n) is 20.1. The van der Waals surface area contributed by atoms with E-state index in [4.69, 9.17) is 23.1 Å². The van der Waals surface area contributed by atoms with Crippen molar-refractivity contribution in [1.29, 1.82) is 0 Å². The van der Waals surface area contributed by atoms with Gasteiger partial charge >= 0.3 is 11.9 Å². The number of rotatable bonds is 13. The maximum absolute atomic E-state index is 14.4. The summed E-state index contributed by atoms with van der Waals surface area (Å²) in [5.74, 6) is -2.26.